The summed E-state index contributed by atoms with van der Waals surface area (Å²) in [4.78, 5) is 11.9. The Labute approximate surface area is 149 Å². The second-order valence-electron chi connectivity index (χ2n) is 6.13. The molecule has 1 saturated heterocycles. The van der Waals surface area contributed by atoms with E-state index in [1.54, 1.807) is 0 Å². The fourth-order valence-electron chi connectivity index (χ4n) is 2.80. The minimum absolute atomic E-state index is 0.334. The van der Waals surface area contributed by atoms with Gasteiger partial charge in [-0.2, -0.15) is 13.2 Å². The molecule has 2 heterocycles. The summed E-state index contributed by atoms with van der Waals surface area (Å²) in [5.41, 5.74) is 1.42. The molecule has 0 spiro atoms. The zero-order valence-corrected chi connectivity index (χ0v) is 14.5. The van der Waals surface area contributed by atoms with Gasteiger partial charge in [0.25, 0.3) is 0 Å². The Kier molecular flexibility index (Phi) is 5.15. The molecule has 134 valence electrons. The Morgan fingerprint density at radius 3 is 2.32 bits per heavy atom. The highest BCUT2D eigenvalue weighted by molar-refractivity contribution is 6.31. The molecular weight excluding hydrogens is 353 g/mol. The molecule has 2 aromatic rings. The third kappa shape index (κ3) is 4.41. The van der Waals surface area contributed by atoms with Gasteiger partial charge >= 0.3 is 6.18 Å². The van der Waals surface area contributed by atoms with Crippen LogP contribution in [-0.4, -0.2) is 41.0 Å². The molecule has 0 aliphatic carbocycles. The Morgan fingerprint density at radius 1 is 1.08 bits per heavy atom. The Morgan fingerprint density at radius 2 is 1.72 bits per heavy atom. The molecule has 25 heavy (non-hydrogen) atoms. The van der Waals surface area contributed by atoms with Gasteiger partial charge in [-0.1, -0.05) is 29.3 Å². The summed E-state index contributed by atoms with van der Waals surface area (Å²) < 4.78 is 37.7. The number of anilines is 1. The molecular formula is C17H18ClF3N4. The van der Waals surface area contributed by atoms with Crippen LogP contribution in [0.15, 0.2) is 30.6 Å². The lowest BCUT2D eigenvalue weighted by atomic mass is 10.1. The van der Waals surface area contributed by atoms with Crippen LogP contribution >= 0.6 is 11.6 Å². The number of hydrogen-bond donors (Lipinski definition) is 0. The van der Waals surface area contributed by atoms with E-state index in [9.17, 15) is 13.2 Å². The van der Waals surface area contributed by atoms with Gasteiger partial charge in [-0.25, -0.2) is 9.97 Å². The van der Waals surface area contributed by atoms with E-state index in [0.29, 0.717) is 19.0 Å². The standard InChI is InChI=1S/C17H18ClF3N4/c1-12-2-3-15(18)13(8-12)11-24-4-6-25(7-5-24)16-22-9-14(10-23-16)17(19,20)21/h2-3,8-10H,4-7,11H2,1H3. The van der Waals surface area contributed by atoms with Crippen LogP contribution < -0.4 is 4.90 Å². The minimum atomic E-state index is -4.41. The monoisotopic (exact) mass is 370 g/mol. The van der Waals surface area contributed by atoms with Crippen molar-refractivity contribution in [1.29, 1.82) is 0 Å². The zero-order chi connectivity index (χ0) is 18.0. The highest BCUT2D eigenvalue weighted by Gasteiger charge is 2.31. The van der Waals surface area contributed by atoms with E-state index < -0.39 is 11.7 Å². The summed E-state index contributed by atoms with van der Waals surface area (Å²) in [6.45, 7) is 5.65. The normalized spacial score (nSPS) is 16.3. The SMILES string of the molecule is Cc1ccc(Cl)c(CN2CCN(c3ncc(C(F)(F)F)cn3)CC2)c1. The number of alkyl halides is 3. The van der Waals surface area contributed by atoms with Gasteiger partial charge in [0.05, 0.1) is 5.56 Å². The van der Waals surface area contributed by atoms with Gasteiger partial charge in [0.1, 0.15) is 0 Å². The first-order chi connectivity index (χ1) is 11.8. The average Bonchev–Trinajstić information content (AvgIpc) is 2.58. The van der Waals surface area contributed by atoms with Gasteiger partial charge in [-0.05, 0) is 18.6 Å². The summed E-state index contributed by atoms with van der Waals surface area (Å²) in [6, 6.07) is 5.96. The Balaban J connectivity index is 1.59. The van der Waals surface area contributed by atoms with Gasteiger partial charge < -0.3 is 4.90 Å². The first kappa shape index (κ1) is 17.9. The van der Waals surface area contributed by atoms with E-state index in [1.807, 2.05) is 24.0 Å². The molecule has 0 unspecified atom stereocenters. The number of nitrogens with zero attached hydrogens (tertiary/aromatic N) is 4. The maximum Gasteiger partial charge on any atom is 0.419 e. The van der Waals surface area contributed by atoms with Crippen molar-refractivity contribution < 1.29 is 13.2 Å². The quantitative estimate of drug-likeness (QED) is 0.823. The lowest BCUT2D eigenvalue weighted by Crippen LogP contribution is -2.46. The zero-order valence-electron chi connectivity index (χ0n) is 13.7. The predicted molar refractivity (Wildman–Crippen MR) is 90.7 cm³/mol. The van der Waals surface area contributed by atoms with Crippen LogP contribution in [0.4, 0.5) is 19.1 Å². The molecule has 0 N–H and O–H groups in total. The smallest absolute Gasteiger partial charge is 0.338 e. The maximum absolute atomic E-state index is 12.6. The third-order valence-electron chi connectivity index (χ3n) is 4.22. The lowest BCUT2D eigenvalue weighted by Gasteiger charge is -2.34. The summed E-state index contributed by atoms with van der Waals surface area (Å²) in [5, 5.41) is 0.749. The van der Waals surface area contributed by atoms with Crippen molar-refractivity contribution in [1.82, 2.24) is 14.9 Å². The van der Waals surface area contributed by atoms with E-state index in [2.05, 4.69) is 20.9 Å². The highest BCUT2D eigenvalue weighted by Crippen LogP contribution is 2.28. The van der Waals surface area contributed by atoms with Crippen LogP contribution in [0, 0.1) is 6.92 Å². The summed E-state index contributed by atoms with van der Waals surface area (Å²) in [5.74, 6) is 0.334. The molecule has 1 aliphatic rings. The van der Waals surface area contributed by atoms with Crippen molar-refractivity contribution in [3.05, 3.63) is 52.3 Å². The molecule has 0 amide bonds. The Bertz CT molecular complexity index is 726. The largest absolute Gasteiger partial charge is 0.419 e. The van der Waals surface area contributed by atoms with Crippen molar-refractivity contribution in [2.24, 2.45) is 0 Å². The van der Waals surface area contributed by atoms with Crippen LogP contribution in [0.3, 0.4) is 0 Å². The second kappa shape index (κ2) is 7.17. The molecule has 1 aromatic heterocycles. The highest BCUT2D eigenvalue weighted by atomic mass is 35.5. The number of aryl methyl sites for hydroxylation is 1. The van der Waals surface area contributed by atoms with Crippen molar-refractivity contribution in [2.45, 2.75) is 19.6 Å². The molecule has 1 fully saturated rings. The predicted octanol–water partition coefficient (Wildman–Crippen LogP) is 3.78. The fraction of sp³-hybridized carbons (Fsp3) is 0.412. The van der Waals surface area contributed by atoms with Crippen molar-refractivity contribution in [3.63, 3.8) is 0 Å². The topological polar surface area (TPSA) is 32.3 Å². The van der Waals surface area contributed by atoms with E-state index >= 15 is 0 Å². The molecule has 0 radical (unpaired) electrons. The molecule has 0 atom stereocenters. The van der Waals surface area contributed by atoms with Crippen LogP contribution in [0.25, 0.3) is 0 Å². The van der Waals surface area contributed by atoms with Gasteiger partial charge in [0, 0.05) is 50.1 Å². The molecule has 0 saturated carbocycles. The minimum Gasteiger partial charge on any atom is -0.338 e. The third-order valence-corrected chi connectivity index (χ3v) is 4.58. The molecule has 8 heteroatoms. The van der Waals surface area contributed by atoms with Gasteiger partial charge in [-0.15, -0.1) is 0 Å². The molecule has 4 nitrogen and oxygen atoms in total. The van der Waals surface area contributed by atoms with Crippen molar-refractivity contribution >= 4 is 17.5 Å². The first-order valence-electron chi connectivity index (χ1n) is 7.94. The molecule has 1 aromatic carbocycles. The molecule has 3 rings (SSSR count). The second-order valence-corrected chi connectivity index (χ2v) is 6.53. The van der Waals surface area contributed by atoms with E-state index in [-0.39, 0.29) is 0 Å². The van der Waals surface area contributed by atoms with E-state index in [4.69, 9.17) is 11.6 Å². The van der Waals surface area contributed by atoms with Gasteiger partial charge in [0.2, 0.25) is 5.95 Å². The summed E-state index contributed by atoms with van der Waals surface area (Å²) >= 11 is 6.24. The number of piperazine rings is 1. The number of benzene rings is 1. The number of hydrogen-bond acceptors (Lipinski definition) is 4. The Hall–Kier alpha value is -1.86. The molecule has 1 aliphatic heterocycles. The van der Waals surface area contributed by atoms with Crippen molar-refractivity contribution in [3.8, 4) is 0 Å². The summed E-state index contributed by atoms with van der Waals surface area (Å²) in [6.07, 6.45) is -2.74. The van der Waals surface area contributed by atoms with Crippen LogP contribution in [0.5, 0.6) is 0 Å². The number of aromatic nitrogens is 2. The van der Waals surface area contributed by atoms with E-state index in [1.165, 1.54) is 0 Å². The van der Waals surface area contributed by atoms with Gasteiger partial charge in [0.15, 0.2) is 0 Å². The maximum atomic E-state index is 12.6. The number of rotatable bonds is 3. The van der Waals surface area contributed by atoms with Gasteiger partial charge in [-0.3, -0.25) is 4.90 Å². The van der Waals surface area contributed by atoms with Crippen LogP contribution in [0.1, 0.15) is 16.7 Å². The van der Waals surface area contributed by atoms with Crippen LogP contribution in [0.2, 0.25) is 5.02 Å². The van der Waals surface area contributed by atoms with E-state index in [0.717, 1.165) is 48.2 Å². The lowest BCUT2D eigenvalue weighted by molar-refractivity contribution is -0.138. The molecule has 0 bridgehead atoms. The average molecular weight is 371 g/mol. The van der Waals surface area contributed by atoms with Crippen LogP contribution in [-0.2, 0) is 12.7 Å². The van der Waals surface area contributed by atoms with Crippen molar-refractivity contribution in [2.75, 3.05) is 31.1 Å². The summed E-state index contributed by atoms with van der Waals surface area (Å²) in [7, 11) is 0. The fourth-order valence-corrected chi connectivity index (χ4v) is 2.98. The first-order valence-corrected chi connectivity index (χ1v) is 8.32. The number of halogens is 4.